The van der Waals surface area contributed by atoms with Crippen molar-refractivity contribution in [2.75, 3.05) is 6.61 Å². The summed E-state index contributed by atoms with van der Waals surface area (Å²) in [5.74, 6) is 0.405. The standard InChI is InChI=1S/C12H13NO3/c1-3-15-12(14)16-11-7-9-8(2)5-4-6-10(9)13-11/h4-7,13H,3H2,1-2H3. The average Bonchev–Trinajstić information content (AvgIpc) is 2.62. The molecule has 0 aliphatic carbocycles. The highest BCUT2D eigenvalue weighted by molar-refractivity contribution is 5.85. The molecule has 84 valence electrons. The van der Waals surface area contributed by atoms with Crippen LogP contribution in [0.5, 0.6) is 5.88 Å². The lowest BCUT2D eigenvalue weighted by Gasteiger charge is -1.99. The van der Waals surface area contributed by atoms with Gasteiger partial charge in [0.1, 0.15) is 0 Å². The Bertz CT molecular complexity index is 516. The number of rotatable bonds is 2. The van der Waals surface area contributed by atoms with Gasteiger partial charge in [0.15, 0.2) is 0 Å². The van der Waals surface area contributed by atoms with E-state index in [1.807, 2.05) is 25.1 Å². The van der Waals surface area contributed by atoms with E-state index in [2.05, 4.69) is 4.98 Å². The number of H-pyrrole nitrogens is 1. The molecule has 1 aromatic carbocycles. The fourth-order valence-electron chi connectivity index (χ4n) is 1.57. The van der Waals surface area contributed by atoms with Crippen molar-refractivity contribution in [1.29, 1.82) is 0 Å². The number of carbonyl (C=O) groups excluding carboxylic acids is 1. The number of aromatic nitrogens is 1. The molecular formula is C12H13NO3. The van der Waals surface area contributed by atoms with Crippen LogP contribution in [0.4, 0.5) is 4.79 Å². The van der Waals surface area contributed by atoms with Gasteiger partial charge in [-0.25, -0.2) is 4.79 Å². The summed E-state index contributed by atoms with van der Waals surface area (Å²) >= 11 is 0. The fraction of sp³-hybridized carbons (Fsp3) is 0.250. The Balaban J connectivity index is 2.26. The van der Waals surface area contributed by atoms with Gasteiger partial charge < -0.3 is 14.5 Å². The Hall–Kier alpha value is -1.97. The number of carbonyl (C=O) groups is 1. The van der Waals surface area contributed by atoms with E-state index in [0.717, 1.165) is 16.5 Å². The third-order valence-electron chi connectivity index (χ3n) is 2.31. The Morgan fingerprint density at radius 1 is 1.44 bits per heavy atom. The Kier molecular flexibility index (Phi) is 2.81. The Morgan fingerprint density at radius 2 is 2.25 bits per heavy atom. The van der Waals surface area contributed by atoms with Crippen LogP contribution in [-0.4, -0.2) is 17.7 Å². The first-order valence-corrected chi connectivity index (χ1v) is 5.13. The Labute approximate surface area is 93.2 Å². The molecule has 1 N–H and O–H groups in total. The number of benzene rings is 1. The second-order valence-electron chi connectivity index (χ2n) is 3.45. The summed E-state index contributed by atoms with van der Waals surface area (Å²) in [4.78, 5) is 14.1. The molecular weight excluding hydrogens is 206 g/mol. The maximum atomic E-state index is 11.1. The van der Waals surface area contributed by atoms with Gasteiger partial charge in [-0.15, -0.1) is 0 Å². The zero-order valence-electron chi connectivity index (χ0n) is 9.24. The third kappa shape index (κ3) is 2.00. The lowest BCUT2D eigenvalue weighted by molar-refractivity contribution is 0.103. The second-order valence-corrected chi connectivity index (χ2v) is 3.45. The van der Waals surface area contributed by atoms with E-state index in [1.54, 1.807) is 13.0 Å². The minimum absolute atomic E-state index is 0.304. The van der Waals surface area contributed by atoms with Crippen molar-refractivity contribution < 1.29 is 14.3 Å². The van der Waals surface area contributed by atoms with E-state index in [-0.39, 0.29) is 0 Å². The van der Waals surface area contributed by atoms with E-state index in [0.29, 0.717) is 12.5 Å². The summed E-state index contributed by atoms with van der Waals surface area (Å²) in [6, 6.07) is 7.68. The van der Waals surface area contributed by atoms with Gasteiger partial charge in [0, 0.05) is 17.0 Å². The van der Waals surface area contributed by atoms with Gasteiger partial charge in [0.05, 0.1) is 6.61 Å². The molecule has 0 unspecified atom stereocenters. The van der Waals surface area contributed by atoms with E-state index in [4.69, 9.17) is 9.47 Å². The van der Waals surface area contributed by atoms with Crippen LogP contribution in [0.2, 0.25) is 0 Å². The number of aryl methyl sites for hydroxylation is 1. The molecule has 2 rings (SSSR count). The van der Waals surface area contributed by atoms with Gasteiger partial charge in [-0.1, -0.05) is 12.1 Å². The topological polar surface area (TPSA) is 51.3 Å². The van der Waals surface area contributed by atoms with Crippen molar-refractivity contribution in [1.82, 2.24) is 4.98 Å². The van der Waals surface area contributed by atoms with Crippen molar-refractivity contribution >= 4 is 17.1 Å². The maximum Gasteiger partial charge on any atom is 0.515 e. The average molecular weight is 219 g/mol. The first-order chi connectivity index (χ1) is 7.70. The minimum atomic E-state index is -0.688. The van der Waals surface area contributed by atoms with E-state index >= 15 is 0 Å². The van der Waals surface area contributed by atoms with Gasteiger partial charge in [0.2, 0.25) is 5.88 Å². The van der Waals surface area contributed by atoms with Crippen LogP contribution in [0.15, 0.2) is 24.3 Å². The van der Waals surface area contributed by atoms with Crippen molar-refractivity contribution in [2.45, 2.75) is 13.8 Å². The lowest BCUT2D eigenvalue weighted by atomic mass is 10.1. The largest absolute Gasteiger partial charge is 0.515 e. The van der Waals surface area contributed by atoms with Gasteiger partial charge in [-0.3, -0.25) is 0 Å². The number of hydrogen-bond donors (Lipinski definition) is 1. The molecule has 0 saturated heterocycles. The van der Waals surface area contributed by atoms with Crippen molar-refractivity contribution in [3.63, 3.8) is 0 Å². The van der Waals surface area contributed by atoms with E-state index in [1.165, 1.54) is 0 Å². The highest BCUT2D eigenvalue weighted by Gasteiger charge is 2.08. The van der Waals surface area contributed by atoms with Crippen LogP contribution >= 0.6 is 0 Å². The summed E-state index contributed by atoms with van der Waals surface area (Å²) in [7, 11) is 0. The molecule has 0 amide bonds. The predicted molar refractivity (Wildman–Crippen MR) is 60.7 cm³/mol. The van der Waals surface area contributed by atoms with Crippen LogP contribution in [-0.2, 0) is 4.74 Å². The number of fused-ring (bicyclic) bond motifs is 1. The summed E-state index contributed by atoms with van der Waals surface area (Å²) in [6.45, 7) is 4.04. The van der Waals surface area contributed by atoms with Gasteiger partial charge >= 0.3 is 6.16 Å². The molecule has 0 aliphatic heterocycles. The van der Waals surface area contributed by atoms with Crippen LogP contribution < -0.4 is 4.74 Å². The molecule has 0 bridgehead atoms. The first-order valence-electron chi connectivity index (χ1n) is 5.13. The molecule has 0 aliphatic rings. The number of hydrogen-bond acceptors (Lipinski definition) is 3. The fourth-order valence-corrected chi connectivity index (χ4v) is 1.57. The van der Waals surface area contributed by atoms with E-state index in [9.17, 15) is 4.79 Å². The third-order valence-corrected chi connectivity index (χ3v) is 2.31. The quantitative estimate of drug-likeness (QED) is 0.790. The molecule has 0 radical (unpaired) electrons. The molecule has 0 fully saturated rings. The van der Waals surface area contributed by atoms with E-state index < -0.39 is 6.16 Å². The smallest absolute Gasteiger partial charge is 0.434 e. The van der Waals surface area contributed by atoms with Crippen molar-refractivity contribution in [2.24, 2.45) is 0 Å². The Morgan fingerprint density at radius 3 is 2.94 bits per heavy atom. The SMILES string of the molecule is CCOC(=O)Oc1cc2c(C)cccc2[nH]1. The van der Waals surface area contributed by atoms with Crippen LogP contribution in [0.3, 0.4) is 0 Å². The molecule has 0 atom stereocenters. The number of aromatic amines is 1. The minimum Gasteiger partial charge on any atom is -0.434 e. The summed E-state index contributed by atoms with van der Waals surface area (Å²) < 4.78 is 9.67. The molecule has 0 spiro atoms. The normalized spacial score (nSPS) is 10.4. The molecule has 4 heteroatoms. The van der Waals surface area contributed by atoms with Crippen LogP contribution in [0.25, 0.3) is 10.9 Å². The second kappa shape index (κ2) is 4.26. The van der Waals surface area contributed by atoms with Crippen LogP contribution in [0.1, 0.15) is 12.5 Å². The molecule has 4 nitrogen and oxygen atoms in total. The molecule has 0 saturated carbocycles. The maximum absolute atomic E-state index is 11.1. The number of nitrogens with one attached hydrogen (secondary N) is 1. The molecule has 1 heterocycles. The zero-order chi connectivity index (χ0) is 11.5. The monoisotopic (exact) mass is 219 g/mol. The van der Waals surface area contributed by atoms with Crippen LogP contribution in [0, 0.1) is 6.92 Å². The molecule has 1 aromatic heterocycles. The highest BCUT2D eigenvalue weighted by atomic mass is 16.7. The molecule has 2 aromatic rings. The van der Waals surface area contributed by atoms with Gasteiger partial charge in [-0.05, 0) is 25.5 Å². The summed E-state index contributed by atoms with van der Waals surface area (Å²) in [6.07, 6.45) is -0.688. The van der Waals surface area contributed by atoms with Gasteiger partial charge in [-0.2, -0.15) is 0 Å². The summed E-state index contributed by atoms with van der Waals surface area (Å²) in [5, 5.41) is 1.04. The lowest BCUT2D eigenvalue weighted by Crippen LogP contribution is -2.09. The zero-order valence-corrected chi connectivity index (χ0v) is 9.24. The van der Waals surface area contributed by atoms with Crippen molar-refractivity contribution in [3.05, 3.63) is 29.8 Å². The number of ether oxygens (including phenoxy) is 2. The highest BCUT2D eigenvalue weighted by Crippen LogP contribution is 2.23. The first kappa shape index (κ1) is 10.5. The van der Waals surface area contributed by atoms with Crippen molar-refractivity contribution in [3.8, 4) is 5.88 Å². The van der Waals surface area contributed by atoms with Gasteiger partial charge in [0.25, 0.3) is 0 Å². The molecule has 16 heavy (non-hydrogen) atoms. The summed E-state index contributed by atoms with van der Waals surface area (Å²) in [5.41, 5.74) is 2.08. The predicted octanol–water partition coefficient (Wildman–Crippen LogP) is 3.01.